The molecule has 0 heterocycles. The SMILES string of the molecule is Oc1cccc(C(Br)CCS)c1. The monoisotopic (exact) mass is 246 g/mol. The Morgan fingerprint density at radius 1 is 1.50 bits per heavy atom. The maximum atomic E-state index is 9.19. The number of rotatable bonds is 3. The van der Waals surface area contributed by atoms with Crippen LogP contribution < -0.4 is 0 Å². The molecular formula is C9H11BrOS. The first-order chi connectivity index (χ1) is 5.74. The molecule has 0 bridgehead atoms. The molecule has 1 aromatic rings. The summed E-state index contributed by atoms with van der Waals surface area (Å²) >= 11 is 7.66. The first-order valence-electron chi connectivity index (χ1n) is 3.78. The zero-order chi connectivity index (χ0) is 8.97. The Hall–Kier alpha value is -0.150. The quantitative estimate of drug-likeness (QED) is 0.621. The maximum absolute atomic E-state index is 9.19. The van der Waals surface area contributed by atoms with E-state index in [-0.39, 0.29) is 0 Å². The van der Waals surface area contributed by atoms with Gasteiger partial charge in [-0.05, 0) is 29.9 Å². The molecule has 1 atom stereocenters. The average Bonchev–Trinajstić information content (AvgIpc) is 2.05. The summed E-state index contributed by atoms with van der Waals surface area (Å²) in [6, 6.07) is 7.27. The van der Waals surface area contributed by atoms with Gasteiger partial charge < -0.3 is 5.11 Å². The van der Waals surface area contributed by atoms with Gasteiger partial charge in [-0.1, -0.05) is 28.1 Å². The molecule has 1 aromatic carbocycles. The molecule has 0 spiro atoms. The number of alkyl halides is 1. The first kappa shape index (κ1) is 9.93. The lowest BCUT2D eigenvalue weighted by atomic mass is 10.1. The van der Waals surface area contributed by atoms with E-state index < -0.39 is 0 Å². The van der Waals surface area contributed by atoms with Crippen molar-refractivity contribution in [3.05, 3.63) is 29.8 Å². The van der Waals surface area contributed by atoms with E-state index in [1.165, 1.54) is 0 Å². The van der Waals surface area contributed by atoms with Crippen LogP contribution in [-0.4, -0.2) is 10.9 Å². The molecule has 1 rings (SSSR count). The standard InChI is InChI=1S/C9H11BrOS/c10-9(4-5-12)7-2-1-3-8(11)6-7/h1-3,6,9,11-12H,4-5H2. The van der Waals surface area contributed by atoms with Gasteiger partial charge in [-0.15, -0.1) is 0 Å². The van der Waals surface area contributed by atoms with Crippen molar-refractivity contribution in [2.75, 3.05) is 5.75 Å². The Balaban J connectivity index is 2.73. The lowest BCUT2D eigenvalue weighted by Gasteiger charge is -2.07. The lowest BCUT2D eigenvalue weighted by Crippen LogP contribution is -1.89. The number of thiol groups is 1. The lowest BCUT2D eigenvalue weighted by molar-refractivity contribution is 0.474. The zero-order valence-corrected chi connectivity index (χ0v) is 9.05. The second-order valence-corrected chi connectivity index (χ2v) is 4.13. The minimum absolute atomic E-state index is 0.294. The van der Waals surface area contributed by atoms with E-state index in [0.717, 1.165) is 17.7 Å². The van der Waals surface area contributed by atoms with Crippen molar-refractivity contribution in [1.29, 1.82) is 0 Å². The summed E-state index contributed by atoms with van der Waals surface area (Å²) < 4.78 is 0. The summed E-state index contributed by atoms with van der Waals surface area (Å²) in [5.41, 5.74) is 1.10. The van der Waals surface area contributed by atoms with E-state index in [9.17, 15) is 5.11 Å². The summed E-state index contributed by atoms with van der Waals surface area (Å²) in [4.78, 5) is 0.294. The third-order valence-electron chi connectivity index (χ3n) is 1.61. The van der Waals surface area contributed by atoms with Gasteiger partial charge in [0, 0.05) is 4.83 Å². The third-order valence-corrected chi connectivity index (χ3v) is 2.86. The molecule has 0 amide bonds. The minimum atomic E-state index is 0.294. The molecule has 1 N–H and O–H groups in total. The summed E-state index contributed by atoms with van der Waals surface area (Å²) in [5, 5.41) is 9.19. The third kappa shape index (κ3) is 2.72. The van der Waals surface area contributed by atoms with Crippen molar-refractivity contribution in [1.82, 2.24) is 0 Å². The van der Waals surface area contributed by atoms with Gasteiger partial charge in [-0.25, -0.2) is 0 Å². The molecule has 0 saturated heterocycles. The van der Waals surface area contributed by atoms with Crippen LogP contribution in [0.3, 0.4) is 0 Å². The van der Waals surface area contributed by atoms with Crippen molar-refractivity contribution in [2.24, 2.45) is 0 Å². The van der Waals surface area contributed by atoms with Gasteiger partial charge in [-0.3, -0.25) is 0 Å². The van der Waals surface area contributed by atoms with Crippen LogP contribution >= 0.6 is 28.6 Å². The van der Waals surface area contributed by atoms with Crippen molar-refractivity contribution in [3.8, 4) is 5.75 Å². The first-order valence-corrected chi connectivity index (χ1v) is 5.32. The highest BCUT2D eigenvalue weighted by Gasteiger charge is 2.05. The van der Waals surface area contributed by atoms with Crippen LogP contribution in [0, 0.1) is 0 Å². The number of halogens is 1. The van der Waals surface area contributed by atoms with Gasteiger partial charge >= 0.3 is 0 Å². The molecule has 1 unspecified atom stereocenters. The highest BCUT2D eigenvalue weighted by Crippen LogP contribution is 2.28. The largest absolute Gasteiger partial charge is 0.508 e. The number of phenolic OH excluding ortho intramolecular Hbond substituents is 1. The summed E-state index contributed by atoms with van der Waals surface area (Å²) in [6.45, 7) is 0. The fraction of sp³-hybridized carbons (Fsp3) is 0.333. The molecule has 66 valence electrons. The Bertz CT molecular complexity index is 252. The van der Waals surface area contributed by atoms with Crippen LogP contribution in [-0.2, 0) is 0 Å². The normalized spacial score (nSPS) is 12.8. The molecule has 0 aromatic heterocycles. The fourth-order valence-electron chi connectivity index (χ4n) is 1.000. The number of aromatic hydroxyl groups is 1. The van der Waals surface area contributed by atoms with E-state index in [1.54, 1.807) is 12.1 Å². The van der Waals surface area contributed by atoms with Crippen molar-refractivity contribution >= 4 is 28.6 Å². The summed E-state index contributed by atoms with van der Waals surface area (Å²) in [7, 11) is 0. The van der Waals surface area contributed by atoms with Gasteiger partial charge in [0.05, 0.1) is 0 Å². The number of hydrogen-bond donors (Lipinski definition) is 2. The Labute approximate surface area is 86.3 Å². The van der Waals surface area contributed by atoms with Crippen molar-refractivity contribution in [2.45, 2.75) is 11.2 Å². The minimum Gasteiger partial charge on any atom is -0.508 e. The van der Waals surface area contributed by atoms with Gasteiger partial charge in [0.15, 0.2) is 0 Å². The van der Waals surface area contributed by atoms with E-state index in [0.29, 0.717) is 10.6 Å². The predicted molar refractivity (Wildman–Crippen MR) is 58.2 cm³/mol. The summed E-state index contributed by atoms with van der Waals surface area (Å²) in [6.07, 6.45) is 0.965. The Kier molecular flexibility index (Phi) is 3.95. The van der Waals surface area contributed by atoms with Crippen LogP contribution in [0.4, 0.5) is 0 Å². The molecule has 0 aliphatic rings. The maximum Gasteiger partial charge on any atom is 0.115 e. The average molecular weight is 247 g/mol. The number of hydrogen-bond acceptors (Lipinski definition) is 2. The highest BCUT2D eigenvalue weighted by atomic mass is 79.9. The molecule has 1 nitrogen and oxygen atoms in total. The second kappa shape index (κ2) is 4.77. The zero-order valence-electron chi connectivity index (χ0n) is 6.57. The topological polar surface area (TPSA) is 20.2 Å². The van der Waals surface area contributed by atoms with Crippen molar-refractivity contribution < 1.29 is 5.11 Å². The fourth-order valence-corrected chi connectivity index (χ4v) is 2.13. The van der Waals surface area contributed by atoms with Gasteiger partial charge in [0.1, 0.15) is 5.75 Å². The van der Waals surface area contributed by atoms with Crippen LogP contribution in [0.1, 0.15) is 16.8 Å². The van der Waals surface area contributed by atoms with Crippen LogP contribution in [0.25, 0.3) is 0 Å². The van der Waals surface area contributed by atoms with E-state index in [2.05, 4.69) is 28.6 Å². The molecule has 0 fully saturated rings. The second-order valence-electron chi connectivity index (χ2n) is 2.57. The molecular weight excluding hydrogens is 236 g/mol. The number of phenols is 1. The molecule has 0 radical (unpaired) electrons. The van der Waals surface area contributed by atoms with Crippen LogP contribution in [0.5, 0.6) is 5.75 Å². The van der Waals surface area contributed by atoms with Crippen LogP contribution in [0.15, 0.2) is 24.3 Å². The van der Waals surface area contributed by atoms with Crippen molar-refractivity contribution in [3.63, 3.8) is 0 Å². The van der Waals surface area contributed by atoms with Gasteiger partial charge in [0.2, 0.25) is 0 Å². The molecule has 0 aliphatic carbocycles. The molecule has 12 heavy (non-hydrogen) atoms. The summed E-state index contributed by atoms with van der Waals surface area (Å²) in [5.74, 6) is 1.15. The van der Waals surface area contributed by atoms with E-state index >= 15 is 0 Å². The molecule has 3 heteroatoms. The Morgan fingerprint density at radius 3 is 2.83 bits per heavy atom. The number of benzene rings is 1. The molecule has 0 saturated carbocycles. The smallest absolute Gasteiger partial charge is 0.115 e. The van der Waals surface area contributed by atoms with Gasteiger partial charge in [0.25, 0.3) is 0 Å². The Morgan fingerprint density at radius 2 is 2.25 bits per heavy atom. The van der Waals surface area contributed by atoms with Gasteiger partial charge in [-0.2, -0.15) is 12.6 Å². The highest BCUT2D eigenvalue weighted by molar-refractivity contribution is 9.09. The van der Waals surface area contributed by atoms with E-state index in [4.69, 9.17) is 0 Å². The van der Waals surface area contributed by atoms with E-state index in [1.807, 2.05) is 12.1 Å². The predicted octanol–water partition coefficient (Wildman–Crippen LogP) is 3.15. The van der Waals surface area contributed by atoms with Crippen LogP contribution in [0.2, 0.25) is 0 Å². The molecule has 0 aliphatic heterocycles.